The van der Waals surface area contributed by atoms with E-state index in [1.54, 1.807) is 0 Å². The predicted molar refractivity (Wildman–Crippen MR) is 103 cm³/mol. The number of nitrogens with zero attached hydrogens (tertiary/aromatic N) is 2. The molecule has 1 aliphatic heterocycles. The van der Waals surface area contributed by atoms with Crippen LogP contribution in [-0.2, 0) is 4.79 Å². The van der Waals surface area contributed by atoms with Crippen molar-refractivity contribution in [3.63, 3.8) is 0 Å². The van der Waals surface area contributed by atoms with Crippen LogP contribution in [0.15, 0.2) is 30.3 Å². The van der Waals surface area contributed by atoms with Crippen LogP contribution in [0.2, 0.25) is 0 Å². The van der Waals surface area contributed by atoms with Crippen LogP contribution in [0, 0.1) is 5.92 Å². The lowest BCUT2D eigenvalue weighted by atomic mass is 9.85. The normalized spacial score (nSPS) is 21.8. The summed E-state index contributed by atoms with van der Waals surface area (Å²) in [5.41, 5.74) is 1.38. The maximum atomic E-state index is 12.5. The molecule has 1 aromatic carbocycles. The minimum Gasteiger partial charge on any atom is -0.354 e. The van der Waals surface area contributed by atoms with Crippen LogP contribution < -0.4 is 5.32 Å². The zero-order chi connectivity index (χ0) is 17.5. The zero-order valence-corrected chi connectivity index (χ0v) is 15.6. The molecule has 1 saturated heterocycles. The first-order chi connectivity index (χ1) is 12.2. The molecule has 1 aromatic rings. The molecule has 1 heterocycles. The SMILES string of the molecule is CN1CCCN(CC(=O)NC[C@H](c2ccccc2)C2CCCC2)CC1. The first-order valence-corrected chi connectivity index (χ1v) is 9.95. The van der Waals surface area contributed by atoms with Gasteiger partial charge >= 0.3 is 0 Å². The van der Waals surface area contributed by atoms with Crippen molar-refractivity contribution in [1.29, 1.82) is 0 Å². The number of hydrogen-bond donors (Lipinski definition) is 1. The van der Waals surface area contributed by atoms with E-state index >= 15 is 0 Å². The van der Waals surface area contributed by atoms with Crippen molar-refractivity contribution < 1.29 is 4.79 Å². The standard InChI is InChI=1S/C21H33N3O/c1-23-12-7-13-24(15-14-23)17-21(25)22-16-20(19-10-5-6-11-19)18-8-3-2-4-9-18/h2-4,8-9,19-20H,5-7,10-17H2,1H3,(H,22,25)/t20-/m1/s1. The van der Waals surface area contributed by atoms with Crippen LogP contribution in [0.3, 0.4) is 0 Å². The summed E-state index contributed by atoms with van der Waals surface area (Å²) in [6.45, 7) is 5.54. The smallest absolute Gasteiger partial charge is 0.234 e. The van der Waals surface area contributed by atoms with Gasteiger partial charge in [0.1, 0.15) is 0 Å². The Morgan fingerprint density at radius 1 is 1.08 bits per heavy atom. The number of rotatable bonds is 6. The predicted octanol–water partition coefficient (Wildman–Crippen LogP) is 2.71. The van der Waals surface area contributed by atoms with Gasteiger partial charge in [-0.1, -0.05) is 43.2 Å². The number of likely N-dealkylation sites (N-methyl/N-ethyl adjacent to an activating group) is 1. The van der Waals surface area contributed by atoms with Crippen LogP contribution in [0.4, 0.5) is 0 Å². The molecule has 2 fully saturated rings. The highest BCUT2D eigenvalue weighted by Gasteiger charge is 2.26. The highest BCUT2D eigenvalue weighted by Crippen LogP contribution is 2.36. The first-order valence-electron chi connectivity index (χ1n) is 9.95. The number of nitrogens with one attached hydrogen (secondary N) is 1. The fourth-order valence-electron chi connectivity index (χ4n) is 4.36. The van der Waals surface area contributed by atoms with Crippen molar-refractivity contribution in [3.05, 3.63) is 35.9 Å². The maximum Gasteiger partial charge on any atom is 0.234 e. The molecule has 0 unspecified atom stereocenters. The summed E-state index contributed by atoms with van der Waals surface area (Å²) in [6, 6.07) is 10.8. The van der Waals surface area contributed by atoms with Gasteiger partial charge in [0.2, 0.25) is 5.91 Å². The van der Waals surface area contributed by atoms with Gasteiger partial charge in [0.25, 0.3) is 0 Å². The highest BCUT2D eigenvalue weighted by atomic mass is 16.2. The Bertz CT molecular complexity index is 527. The number of amides is 1. The van der Waals surface area contributed by atoms with Crippen molar-refractivity contribution in [2.75, 3.05) is 46.3 Å². The van der Waals surface area contributed by atoms with E-state index in [9.17, 15) is 4.79 Å². The Hall–Kier alpha value is -1.39. The second-order valence-electron chi connectivity index (χ2n) is 7.80. The van der Waals surface area contributed by atoms with E-state index < -0.39 is 0 Å². The molecule has 2 aliphatic rings. The fourth-order valence-corrected chi connectivity index (χ4v) is 4.36. The van der Waals surface area contributed by atoms with Crippen LogP contribution >= 0.6 is 0 Å². The molecule has 0 spiro atoms. The van der Waals surface area contributed by atoms with Gasteiger partial charge in [-0.3, -0.25) is 9.69 Å². The van der Waals surface area contributed by atoms with Crippen molar-refractivity contribution in [1.82, 2.24) is 15.1 Å². The third-order valence-corrected chi connectivity index (χ3v) is 5.90. The summed E-state index contributed by atoms with van der Waals surface area (Å²) in [4.78, 5) is 17.1. The van der Waals surface area contributed by atoms with Gasteiger partial charge in [-0.2, -0.15) is 0 Å². The molecule has 4 heteroatoms. The molecule has 1 aliphatic carbocycles. The number of carbonyl (C=O) groups is 1. The largest absolute Gasteiger partial charge is 0.354 e. The average molecular weight is 344 g/mol. The van der Waals surface area contributed by atoms with Crippen molar-refractivity contribution in [2.45, 2.75) is 38.0 Å². The van der Waals surface area contributed by atoms with E-state index in [2.05, 4.69) is 52.5 Å². The summed E-state index contributed by atoms with van der Waals surface area (Å²) in [6.07, 6.45) is 6.42. The van der Waals surface area contributed by atoms with E-state index in [-0.39, 0.29) is 5.91 Å². The lowest BCUT2D eigenvalue weighted by Crippen LogP contribution is -2.40. The van der Waals surface area contributed by atoms with Crippen molar-refractivity contribution in [2.24, 2.45) is 5.92 Å². The molecule has 25 heavy (non-hydrogen) atoms. The Morgan fingerprint density at radius 2 is 1.84 bits per heavy atom. The topological polar surface area (TPSA) is 35.6 Å². The lowest BCUT2D eigenvalue weighted by molar-refractivity contribution is -0.122. The molecular formula is C21H33N3O. The van der Waals surface area contributed by atoms with Crippen molar-refractivity contribution >= 4 is 5.91 Å². The average Bonchev–Trinajstić information content (AvgIpc) is 3.07. The number of benzene rings is 1. The first kappa shape index (κ1) is 18.4. The van der Waals surface area contributed by atoms with E-state index in [1.807, 2.05) is 0 Å². The number of hydrogen-bond acceptors (Lipinski definition) is 3. The lowest BCUT2D eigenvalue weighted by Gasteiger charge is -2.25. The van der Waals surface area contributed by atoms with Gasteiger partial charge < -0.3 is 10.2 Å². The van der Waals surface area contributed by atoms with E-state index in [1.165, 1.54) is 31.2 Å². The summed E-state index contributed by atoms with van der Waals surface area (Å²) in [5, 5.41) is 3.24. The Balaban J connectivity index is 1.52. The van der Waals surface area contributed by atoms with E-state index in [4.69, 9.17) is 0 Å². The van der Waals surface area contributed by atoms with Gasteiger partial charge in [0.15, 0.2) is 0 Å². The molecule has 1 atom stereocenters. The Kier molecular flexibility index (Phi) is 6.88. The molecular weight excluding hydrogens is 310 g/mol. The van der Waals surface area contributed by atoms with Gasteiger partial charge in [0, 0.05) is 25.6 Å². The highest BCUT2D eigenvalue weighted by molar-refractivity contribution is 5.78. The molecule has 3 rings (SSSR count). The Labute approximate surface area is 152 Å². The molecule has 4 nitrogen and oxygen atoms in total. The van der Waals surface area contributed by atoms with Gasteiger partial charge in [-0.15, -0.1) is 0 Å². The minimum atomic E-state index is 0.184. The molecule has 1 saturated carbocycles. The zero-order valence-electron chi connectivity index (χ0n) is 15.6. The molecule has 0 radical (unpaired) electrons. The van der Waals surface area contributed by atoms with Crippen LogP contribution in [0.5, 0.6) is 0 Å². The van der Waals surface area contributed by atoms with Gasteiger partial charge in [-0.05, 0) is 50.9 Å². The Morgan fingerprint density at radius 3 is 2.60 bits per heavy atom. The molecule has 1 N–H and O–H groups in total. The third-order valence-electron chi connectivity index (χ3n) is 5.90. The quantitative estimate of drug-likeness (QED) is 0.863. The van der Waals surface area contributed by atoms with Crippen LogP contribution in [-0.4, -0.2) is 62.0 Å². The number of carbonyl (C=O) groups excluding carboxylic acids is 1. The summed E-state index contributed by atoms with van der Waals surface area (Å²) < 4.78 is 0. The summed E-state index contributed by atoms with van der Waals surface area (Å²) in [5.74, 6) is 1.36. The van der Waals surface area contributed by atoms with Crippen LogP contribution in [0.25, 0.3) is 0 Å². The van der Waals surface area contributed by atoms with Crippen LogP contribution in [0.1, 0.15) is 43.6 Å². The maximum absolute atomic E-state index is 12.5. The molecule has 1 amide bonds. The fraction of sp³-hybridized carbons (Fsp3) is 0.667. The van der Waals surface area contributed by atoms with Gasteiger partial charge in [-0.25, -0.2) is 0 Å². The monoisotopic (exact) mass is 343 g/mol. The third kappa shape index (κ3) is 5.55. The summed E-state index contributed by atoms with van der Waals surface area (Å²) >= 11 is 0. The molecule has 138 valence electrons. The van der Waals surface area contributed by atoms with E-state index in [0.717, 1.165) is 45.1 Å². The second-order valence-corrected chi connectivity index (χ2v) is 7.80. The summed E-state index contributed by atoms with van der Waals surface area (Å²) in [7, 11) is 2.16. The van der Waals surface area contributed by atoms with Gasteiger partial charge in [0.05, 0.1) is 6.54 Å². The molecule has 0 aromatic heterocycles. The molecule has 0 bridgehead atoms. The van der Waals surface area contributed by atoms with Crippen molar-refractivity contribution in [3.8, 4) is 0 Å². The minimum absolute atomic E-state index is 0.184. The second kappa shape index (κ2) is 9.35. The van der Waals surface area contributed by atoms with E-state index in [0.29, 0.717) is 12.5 Å².